The van der Waals surface area contributed by atoms with Gasteiger partial charge in [0, 0.05) is 31.0 Å². The summed E-state index contributed by atoms with van der Waals surface area (Å²) in [6.07, 6.45) is -0.312. The number of halogens is 4. The maximum Gasteiger partial charge on any atom is 0.333 e. The number of unbranched alkanes of at least 4 members (excludes halogenated alkanes) is 1. The summed E-state index contributed by atoms with van der Waals surface area (Å²) in [6, 6.07) is 11.2. The van der Waals surface area contributed by atoms with Crippen LogP contribution in [0, 0.1) is 0 Å². The summed E-state index contributed by atoms with van der Waals surface area (Å²) < 4.78 is 37.3. The van der Waals surface area contributed by atoms with Crippen LogP contribution in [0.1, 0.15) is 38.7 Å². The van der Waals surface area contributed by atoms with Crippen molar-refractivity contribution in [3.8, 4) is 5.75 Å². The van der Waals surface area contributed by atoms with E-state index >= 15 is 0 Å². The highest BCUT2D eigenvalue weighted by Crippen LogP contribution is 2.26. The van der Waals surface area contributed by atoms with Crippen molar-refractivity contribution in [3.05, 3.63) is 58.1 Å². The van der Waals surface area contributed by atoms with Crippen molar-refractivity contribution in [1.29, 1.82) is 0 Å². The number of aliphatic carboxylic acids is 1. The Hall–Kier alpha value is -2.62. The Labute approximate surface area is 225 Å². The molecule has 0 radical (unpaired) electrons. The number of carboxylic acids is 1. The molecule has 2 aromatic rings. The second-order valence-corrected chi connectivity index (χ2v) is 9.39. The fourth-order valence-corrected chi connectivity index (χ4v) is 3.92. The predicted octanol–water partition coefficient (Wildman–Crippen LogP) is 6.76. The van der Waals surface area contributed by atoms with E-state index in [1.54, 1.807) is 43.3 Å². The fourth-order valence-electron chi connectivity index (χ4n) is 3.47. The molecule has 37 heavy (non-hydrogen) atoms. The van der Waals surface area contributed by atoms with Crippen LogP contribution < -0.4 is 10.1 Å². The zero-order chi connectivity index (χ0) is 27.4. The Balaban J connectivity index is 1.96. The van der Waals surface area contributed by atoms with Gasteiger partial charge in [0.2, 0.25) is 5.92 Å². The monoisotopic (exact) mass is 560 g/mol. The van der Waals surface area contributed by atoms with Crippen LogP contribution in [0.4, 0.5) is 19.3 Å². The molecular formula is C26H32Cl2F2N2O5. The number of benzene rings is 2. The van der Waals surface area contributed by atoms with Gasteiger partial charge in [0.05, 0.1) is 17.3 Å². The molecule has 2 N–H and O–H groups in total. The zero-order valence-electron chi connectivity index (χ0n) is 20.8. The highest BCUT2D eigenvalue weighted by Gasteiger charge is 2.21. The number of ether oxygens (including phenoxy) is 2. The number of amides is 2. The number of carbonyl (C=O) groups is 2. The van der Waals surface area contributed by atoms with Crippen LogP contribution in [0.25, 0.3) is 0 Å². The summed E-state index contributed by atoms with van der Waals surface area (Å²) in [7, 11) is 0. The highest BCUT2D eigenvalue weighted by atomic mass is 35.5. The van der Waals surface area contributed by atoms with E-state index in [-0.39, 0.29) is 44.0 Å². The van der Waals surface area contributed by atoms with Gasteiger partial charge in [-0.2, -0.15) is 0 Å². The number of urea groups is 1. The van der Waals surface area contributed by atoms with Crippen molar-refractivity contribution >= 4 is 40.9 Å². The molecule has 0 heterocycles. The molecule has 2 amide bonds. The number of nitrogens with one attached hydrogen (secondary N) is 1. The molecule has 204 valence electrons. The molecule has 11 heteroatoms. The van der Waals surface area contributed by atoms with Gasteiger partial charge in [-0.1, -0.05) is 35.3 Å². The van der Waals surface area contributed by atoms with Crippen LogP contribution in [0.2, 0.25) is 10.0 Å². The molecule has 2 aromatic carbocycles. The number of carbonyl (C=O) groups excluding carboxylic acids is 1. The first-order valence-electron chi connectivity index (χ1n) is 11.9. The minimum absolute atomic E-state index is 0.155. The second kappa shape index (κ2) is 15.0. The maximum atomic E-state index is 13.2. The number of alkyl halides is 2. The first-order valence-corrected chi connectivity index (χ1v) is 12.7. The third kappa shape index (κ3) is 11.5. The molecule has 0 bridgehead atoms. The van der Waals surface area contributed by atoms with Crippen LogP contribution in [-0.2, 0) is 16.0 Å². The minimum Gasteiger partial charge on any atom is -0.492 e. The summed E-state index contributed by atoms with van der Waals surface area (Å²) in [5, 5.41) is 12.7. The molecule has 0 aliphatic carbocycles. The average Bonchev–Trinajstić information content (AvgIpc) is 2.82. The third-order valence-corrected chi connectivity index (χ3v) is 5.92. The average molecular weight is 561 g/mol. The lowest BCUT2D eigenvalue weighted by Crippen LogP contribution is -2.38. The minimum atomic E-state index is -2.76. The van der Waals surface area contributed by atoms with Gasteiger partial charge in [0.25, 0.3) is 0 Å². The van der Waals surface area contributed by atoms with Gasteiger partial charge < -0.3 is 24.8 Å². The quantitative estimate of drug-likeness (QED) is 0.235. The number of nitrogens with zero attached hydrogens (tertiary/aromatic N) is 1. The Kier molecular flexibility index (Phi) is 12.4. The van der Waals surface area contributed by atoms with Crippen molar-refractivity contribution in [2.75, 3.05) is 31.6 Å². The second-order valence-electron chi connectivity index (χ2n) is 8.55. The predicted molar refractivity (Wildman–Crippen MR) is 140 cm³/mol. The van der Waals surface area contributed by atoms with E-state index < -0.39 is 24.0 Å². The van der Waals surface area contributed by atoms with Gasteiger partial charge in [-0.05, 0) is 62.6 Å². The lowest BCUT2D eigenvalue weighted by Gasteiger charge is -2.24. The molecule has 0 fully saturated rings. The van der Waals surface area contributed by atoms with Gasteiger partial charge in [0.1, 0.15) is 12.4 Å². The van der Waals surface area contributed by atoms with Gasteiger partial charge in [-0.25, -0.2) is 18.4 Å². The normalized spacial score (nSPS) is 12.2. The summed E-state index contributed by atoms with van der Waals surface area (Å²) in [6.45, 7) is 3.52. The van der Waals surface area contributed by atoms with E-state index in [9.17, 15) is 23.5 Å². The maximum absolute atomic E-state index is 13.2. The lowest BCUT2D eigenvalue weighted by molar-refractivity contribution is -0.149. The number of hydrogen-bond acceptors (Lipinski definition) is 4. The SMILES string of the molecule is CCOC(Cc1ccc(OCCN(CCCCC(C)(F)F)C(=O)Nc2ccc(Cl)cc2Cl)cc1)C(=O)O. The van der Waals surface area contributed by atoms with E-state index in [0.717, 1.165) is 12.5 Å². The number of rotatable bonds is 15. The van der Waals surface area contributed by atoms with Crippen LogP contribution in [0.15, 0.2) is 42.5 Å². The first kappa shape index (κ1) is 30.6. The van der Waals surface area contributed by atoms with E-state index in [1.165, 1.54) is 11.0 Å². The highest BCUT2D eigenvalue weighted by molar-refractivity contribution is 6.36. The molecule has 0 aliphatic rings. The van der Waals surface area contributed by atoms with Crippen molar-refractivity contribution in [1.82, 2.24) is 4.90 Å². The molecule has 0 aromatic heterocycles. The molecule has 0 saturated carbocycles. The summed E-state index contributed by atoms with van der Waals surface area (Å²) >= 11 is 12.1. The molecule has 1 atom stereocenters. The Morgan fingerprint density at radius 2 is 1.81 bits per heavy atom. The Morgan fingerprint density at radius 3 is 2.41 bits per heavy atom. The van der Waals surface area contributed by atoms with E-state index in [1.807, 2.05) is 0 Å². The van der Waals surface area contributed by atoms with Crippen molar-refractivity contribution in [3.63, 3.8) is 0 Å². The standard InChI is InChI=1S/C26H32Cl2F2N2O5/c1-3-36-23(24(33)34)16-18-6-9-20(10-7-18)37-15-14-32(13-5-4-12-26(2,29)30)25(35)31-22-11-8-19(27)17-21(22)28/h6-11,17,23H,3-5,12-16H2,1-2H3,(H,31,35)(H,33,34). The van der Waals surface area contributed by atoms with E-state index in [4.69, 9.17) is 32.7 Å². The van der Waals surface area contributed by atoms with Crippen molar-refractivity contribution in [2.24, 2.45) is 0 Å². The number of hydrogen-bond donors (Lipinski definition) is 2. The summed E-state index contributed by atoms with van der Waals surface area (Å²) in [4.78, 5) is 25.7. The van der Waals surface area contributed by atoms with Crippen LogP contribution >= 0.6 is 23.2 Å². The van der Waals surface area contributed by atoms with Crippen molar-refractivity contribution in [2.45, 2.75) is 51.6 Å². The zero-order valence-corrected chi connectivity index (χ0v) is 22.3. The molecule has 7 nitrogen and oxygen atoms in total. The molecule has 0 spiro atoms. The van der Waals surface area contributed by atoms with E-state index in [2.05, 4.69) is 5.32 Å². The van der Waals surface area contributed by atoms with Gasteiger partial charge in [0.15, 0.2) is 6.10 Å². The van der Waals surface area contributed by atoms with Gasteiger partial charge in [-0.3, -0.25) is 0 Å². The molecular weight excluding hydrogens is 529 g/mol. The lowest BCUT2D eigenvalue weighted by atomic mass is 10.1. The van der Waals surface area contributed by atoms with Crippen molar-refractivity contribution < 1.29 is 33.0 Å². The van der Waals surface area contributed by atoms with Gasteiger partial charge in [-0.15, -0.1) is 0 Å². The largest absolute Gasteiger partial charge is 0.492 e. The van der Waals surface area contributed by atoms with Crippen LogP contribution in [-0.4, -0.2) is 60.3 Å². The molecule has 1 unspecified atom stereocenters. The Morgan fingerprint density at radius 1 is 1.11 bits per heavy atom. The van der Waals surface area contributed by atoms with Crippen LogP contribution in [0.3, 0.4) is 0 Å². The summed E-state index contributed by atoms with van der Waals surface area (Å²) in [5.41, 5.74) is 1.16. The first-order chi connectivity index (χ1) is 17.5. The summed E-state index contributed by atoms with van der Waals surface area (Å²) in [5.74, 6) is -3.24. The molecule has 0 aliphatic heterocycles. The third-order valence-electron chi connectivity index (χ3n) is 5.37. The molecule has 0 saturated heterocycles. The number of carboxylic acid groups (broad SMARTS) is 1. The van der Waals surface area contributed by atoms with Gasteiger partial charge >= 0.3 is 12.0 Å². The smallest absolute Gasteiger partial charge is 0.333 e. The fraction of sp³-hybridized carbons (Fsp3) is 0.462. The Bertz CT molecular complexity index is 1020. The molecule has 2 rings (SSSR count). The van der Waals surface area contributed by atoms with Crippen LogP contribution in [0.5, 0.6) is 5.75 Å². The van der Waals surface area contributed by atoms with E-state index in [0.29, 0.717) is 29.5 Å². The number of anilines is 1. The topological polar surface area (TPSA) is 88.1 Å².